The van der Waals surface area contributed by atoms with E-state index in [1.807, 2.05) is 13.2 Å². The summed E-state index contributed by atoms with van der Waals surface area (Å²) in [6.45, 7) is 4.03. The van der Waals surface area contributed by atoms with Gasteiger partial charge in [0.1, 0.15) is 0 Å². The quantitative estimate of drug-likeness (QED) is 0.592. The lowest BCUT2D eigenvalue weighted by Crippen LogP contribution is -2.48. The van der Waals surface area contributed by atoms with E-state index in [1.54, 1.807) is 11.8 Å². The Morgan fingerprint density at radius 1 is 1.56 bits per heavy atom. The molecule has 3 atom stereocenters. The Labute approximate surface area is 102 Å². The predicted molar refractivity (Wildman–Crippen MR) is 69.5 cm³/mol. The van der Waals surface area contributed by atoms with Crippen LogP contribution >= 0.6 is 11.8 Å². The van der Waals surface area contributed by atoms with E-state index in [-0.39, 0.29) is 23.8 Å². The molecule has 16 heavy (non-hydrogen) atoms. The molecule has 0 aliphatic rings. The number of amides is 1. The van der Waals surface area contributed by atoms with E-state index in [1.165, 1.54) is 0 Å². The van der Waals surface area contributed by atoms with Crippen molar-refractivity contribution >= 4 is 17.7 Å². The summed E-state index contributed by atoms with van der Waals surface area (Å²) >= 11 is 1.54. The molecule has 5 heteroatoms. The van der Waals surface area contributed by atoms with E-state index in [2.05, 4.69) is 12.2 Å². The molecule has 0 aliphatic heterocycles. The fourth-order valence-corrected chi connectivity index (χ4v) is 2.04. The van der Waals surface area contributed by atoms with Gasteiger partial charge in [0, 0.05) is 11.3 Å². The molecular weight excluding hydrogens is 224 g/mol. The topological polar surface area (TPSA) is 75.4 Å². The fourth-order valence-electron chi connectivity index (χ4n) is 1.42. The van der Waals surface area contributed by atoms with Crippen LogP contribution in [0.25, 0.3) is 0 Å². The number of nitrogens with two attached hydrogens (primary N) is 1. The Balaban J connectivity index is 4.01. The summed E-state index contributed by atoms with van der Waals surface area (Å²) in [5, 5.41) is 12.0. The zero-order valence-electron chi connectivity index (χ0n) is 10.4. The molecule has 96 valence electrons. The molecular formula is C11H24N2O2S. The highest BCUT2D eigenvalue weighted by atomic mass is 32.2. The molecule has 0 fully saturated rings. The minimum absolute atomic E-state index is 0.0299. The van der Waals surface area contributed by atoms with Crippen molar-refractivity contribution < 1.29 is 9.90 Å². The highest BCUT2D eigenvalue weighted by molar-refractivity contribution is 7.99. The third-order valence-electron chi connectivity index (χ3n) is 2.62. The lowest BCUT2D eigenvalue weighted by Gasteiger charge is -2.23. The molecule has 0 aromatic rings. The zero-order chi connectivity index (χ0) is 12.6. The van der Waals surface area contributed by atoms with Crippen molar-refractivity contribution in [3.8, 4) is 0 Å². The molecule has 0 bridgehead atoms. The standard InChI is InChI=1S/C11H24N2O2S/c1-4-5-6-9(12)11(15)13-8(2)10(7-14)16-3/h8-10,14H,4-7,12H2,1-3H3,(H,13,15)/t8?,9-,10?/m0/s1. The van der Waals surface area contributed by atoms with E-state index >= 15 is 0 Å². The maximum absolute atomic E-state index is 11.7. The number of nitrogens with one attached hydrogen (secondary N) is 1. The summed E-state index contributed by atoms with van der Waals surface area (Å²) in [5.74, 6) is -0.117. The van der Waals surface area contributed by atoms with Crippen molar-refractivity contribution in [2.45, 2.75) is 50.4 Å². The molecule has 0 saturated heterocycles. The van der Waals surface area contributed by atoms with Crippen LogP contribution in [-0.4, -0.2) is 41.2 Å². The molecule has 0 aliphatic carbocycles. The SMILES string of the molecule is CCCC[C@H](N)C(=O)NC(C)C(CO)SC. The number of hydrogen-bond acceptors (Lipinski definition) is 4. The summed E-state index contributed by atoms with van der Waals surface area (Å²) in [5.41, 5.74) is 5.75. The third-order valence-corrected chi connectivity index (χ3v) is 3.78. The minimum Gasteiger partial charge on any atom is -0.395 e. The van der Waals surface area contributed by atoms with Gasteiger partial charge in [-0.2, -0.15) is 11.8 Å². The van der Waals surface area contributed by atoms with Gasteiger partial charge >= 0.3 is 0 Å². The van der Waals surface area contributed by atoms with Gasteiger partial charge in [-0.25, -0.2) is 0 Å². The van der Waals surface area contributed by atoms with Gasteiger partial charge in [0.2, 0.25) is 5.91 Å². The van der Waals surface area contributed by atoms with Gasteiger partial charge in [0.15, 0.2) is 0 Å². The molecule has 2 unspecified atom stereocenters. The lowest BCUT2D eigenvalue weighted by atomic mass is 10.1. The third kappa shape index (κ3) is 5.72. The van der Waals surface area contributed by atoms with Crippen molar-refractivity contribution in [2.75, 3.05) is 12.9 Å². The Bertz CT molecular complexity index is 198. The van der Waals surface area contributed by atoms with Crippen LogP contribution in [0, 0.1) is 0 Å². The Hall–Kier alpha value is -0.260. The number of carbonyl (C=O) groups is 1. The molecule has 1 amide bonds. The number of rotatable bonds is 8. The van der Waals surface area contributed by atoms with Crippen LogP contribution in [0.1, 0.15) is 33.1 Å². The van der Waals surface area contributed by atoms with E-state index in [9.17, 15) is 4.79 Å². The van der Waals surface area contributed by atoms with Crippen molar-refractivity contribution in [3.63, 3.8) is 0 Å². The van der Waals surface area contributed by atoms with Gasteiger partial charge in [-0.1, -0.05) is 19.8 Å². The summed E-state index contributed by atoms with van der Waals surface area (Å²) in [6.07, 6.45) is 4.65. The number of unbranched alkanes of at least 4 members (excludes halogenated alkanes) is 1. The normalized spacial score (nSPS) is 16.6. The van der Waals surface area contributed by atoms with E-state index < -0.39 is 6.04 Å². The maximum atomic E-state index is 11.7. The largest absolute Gasteiger partial charge is 0.395 e. The molecule has 0 rings (SSSR count). The first-order valence-corrected chi connectivity index (χ1v) is 7.05. The number of aliphatic hydroxyl groups excluding tert-OH is 1. The molecule has 4 nitrogen and oxygen atoms in total. The summed E-state index contributed by atoms with van der Waals surface area (Å²) in [6, 6.07) is -0.483. The Morgan fingerprint density at radius 3 is 2.62 bits per heavy atom. The van der Waals surface area contributed by atoms with Crippen LogP contribution in [0.4, 0.5) is 0 Å². The number of thioether (sulfide) groups is 1. The van der Waals surface area contributed by atoms with E-state index in [4.69, 9.17) is 10.8 Å². The number of carbonyl (C=O) groups excluding carboxylic acids is 1. The van der Waals surface area contributed by atoms with Crippen molar-refractivity contribution in [2.24, 2.45) is 5.73 Å². The highest BCUT2D eigenvalue weighted by Gasteiger charge is 2.20. The summed E-state index contributed by atoms with van der Waals surface area (Å²) in [7, 11) is 0. The second kappa shape index (κ2) is 8.84. The minimum atomic E-state index is -0.427. The first-order valence-electron chi connectivity index (χ1n) is 5.76. The van der Waals surface area contributed by atoms with E-state index in [0.29, 0.717) is 0 Å². The second-order valence-electron chi connectivity index (χ2n) is 4.00. The van der Waals surface area contributed by atoms with Gasteiger partial charge in [0.05, 0.1) is 12.6 Å². The van der Waals surface area contributed by atoms with Gasteiger partial charge in [-0.15, -0.1) is 0 Å². The molecule has 0 aromatic heterocycles. The van der Waals surface area contributed by atoms with Crippen LogP contribution in [0.15, 0.2) is 0 Å². The number of aliphatic hydroxyl groups is 1. The first-order chi connectivity index (χ1) is 7.56. The van der Waals surface area contributed by atoms with Crippen molar-refractivity contribution in [1.29, 1.82) is 0 Å². The van der Waals surface area contributed by atoms with Crippen LogP contribution < -0.4 is 11.1 Å². The first kappa shape index (κ1) is 15.7. The zero-order valence-corrected chi connectivity index (χ0v) is 11.2. The monoisotopic (exact) mass is 248 g/mol. The molecule has 0 spiro atoms. The number of hydrogen-bond donors (Lipinski definition) is 3. The Morgan fingerprint density at radius 2 is 2.19 bits per heavy atom. The summed E-state index contributed by atoms with van der Waals surface area (Å²) < 4.78 is 0. The van der Waals surface area contributed by atoms with Crippen molar-refractivity contribution in [3.05, 3.63) is 0 Å². The molecule has 0 aromatic carbocycles. The summed E-state index contributed by atoms with van der Waals surface area (Å²) in [4.78, 5) is 11.7. The Kier molecular flexibility index (Phi) is 8.70. The van der Waals surface area contributed by atoms with Crippen LogP contribution in [0.5, 0.6) is 0 Å². The second-order valence-corrected chi connectivity index (χ2v) is 5.08. The fraction of sp³-hybridized carbons (Fsp3) is 0.909. The van der Waals surface area contributed by atoms with Crippen molar-refractivity contribution in [1.82, 2.24) is 5.32 Å². The maximum Gasteiger partial charge on any atom is 0.237 e. The van der Waals surface area contributed by atoms with Gasteiger partial charge in [-0.05, 0) is 19.6 Å². The average Bonchev–Trinajstić information content (AvgIpc) is 2.27. The van der Waals surface area contributed by atoms with Crippen LogP contribution in [0.3, 0.4) is 0 Å². The van der Waals surface area contributed by atoms with Gasteiger partial charge in [0.25, 0.3) is 0 Å². The molecule has 0 heterocycles. The molecule has 0 radical (unpaired) electrons. The smallest absolute Gasteiger partial charge is 0.237 e. The van der Waals surface area contributed by atoms with Crippen LogP contribution in [-0.2, 0) is 4.79 Å². The predicted octanol–water partition coefficient (Wildman–Crippen LogP) is 0.733. The average molecular weight is 248 g/mol. The lowest BCUT2D eigenvalue weighted by molar-refractivity contribution is -0.123. The molecule has 4 N–H and O–H groups in total. The van der Waals surface area contributed by atoms with Gasteiger partial charge < -0.3 is 16.2 Å². The molecule has 0 saturated carbocycles. The highest BCUT2D eigenvalue weighted by Crippen LogP contribution is 2.10. The van der Waals surface area contributed by atoms with Gasteiger partial charge in [-0.3, -0.25) is 4.79 Å². The van der Waals surface area contributed by atoms with E-state index in [0.717, 1.165) is 19.3 Å². The van der Waals surface area contributed by atoms with Crippen LogP contribution in [0.2, 0.25) is 0 Å².